The lowest BCUT2D eigenvalue weighted by Crippen LogP contribution is -2.30. The summed E-state index contributed by atoms with van der Waals surface area (Å²) < 4.78 is 0. The number of anilines is 2. The lowest BCUT2D eigenvalue weighted by atomic mass is 10.1. The lowest BCUT2D eigenvalue weighted by molar-refractivity contribution is -0.114. The van der Waals surface area contributed by atoms with Crippen molar-refractivity contribution in [1.82, 2.24) is 10.3 Å². The molecule has 0 aliphatic heterocycles. The smallest absolute Gasteiger partial charge is 0.272 e. The van der Waals surface area contributed by atoms with Crippen LogP contribution in [-0.4, -0.2) is 28.5 Å². The molecule has 0 radical (unpaired) electrons. The number of halogens is 3. The van der Waals surface area contributed by atoms with Gasteiger partial charge in [0.15, 0.2) is 5.13 Å². The second-order valence-corrected chi connectivity index (χ2v) is 12.5. The summed E-state index contributed by atoms with van der Waals surface area (Å²) in [6.07, 6.45) is 1.46. The molecule has 1 aromatic heterocycles. The van der Waals surface area contributed by atoms with E-state index in [0.717, 1.165) is 16.2 Å². The summed E-state index contributed by atoms with van der Waals surface area (Å²) in [6, 6.07) is 27.9. The molecule has 5 aromatic rings. The molecular weight excluding hydrogens is 671 g/mol. The largest absolute Gasteiger partial charge is 0.321 e. The van der Waals surface area contributed by atoms with E-state index in [1.54, 1.807) is 78.9 Å². The normalized spacial score (nSPS) is 11.1. The van der Waals surface area contributed by atoms with Crippen LogP contribution in [-0.2, 0) is 9.59 Å². The molecular formula is C33H23Cl3N4O3S2. The Labute approximate surface area is 282 Å². The summed E-state index contributed by atoms with van der Waals surface area (Å²) in [5.74, 6) is -1.14. The molecule has 0 saturated carbocycles. The van der Waals surface area contributed by atoms with Crippen molar-refractivity contribution in [3.05, 3.63) is 134 Å². The summed E-state index contributed by atoms with van der Waals surface area (Å²) in [5, 5.41) is 11.9. The first-order valence-corrected chi connectivity index (χ1v) is 16.3. The summed E-state index contributed by atoms with van der Waals surface area (Å²) >= 11 is 21.1. The molecule has 1 heterocycles. The molecule has 4 aromatic carbocycles. The zero-order valence-corrected chi connectivity index (χ0v) is 27.1. The van der Waals surface area contributed by atoms with Crippen molar-refractivity contribution in [2.24, 2.45) is 0 Å². The van der Waals surface area contributed by atoms with Gasteiger partial charge in [0.25, 0.3) is 11.8 Å². The molecule has 7 nitrogen and oxygen atoms in total. The van der Waals surface area contributed by atoms with Gasteiger partial charge < -0.3 is 16.0 Å². The van der Waals surface area contributed by atoms with Crippen molar-refractivity contribution in [3.8, 4) is 11.3 Å². The standard InChI is InChI=1S/C33H23Cl3N4O3S2/c34-23-14-12-20(13-15-23)28-18-45-33(39-28)40-29(41)19-44-25-10-5-9-24(17-25)37-32(43)27(16-22-8-4-11-26(35)30(22)36)38-31(42)21-6-2-1-3-7-21/h1-18H,19H2,(H,37,43)(H,38,42)(H,39,40,41)/b27-16+. The Balaban J connectivity index is 1.24. The van der Waals surface area contributed by atoms with Gasteiger partial charge in [0.05, 0.1) is 21.5 Å². The number of hydrogen-bond acceptors (Lipinski definition) is 6. The Morgan fingerprint density at radius 2 is 1.60 bits per heavy atom. The van der Waals surface area contributed by atoms with E-state index in [1.165, 1.54) is 29.2 Å². The van der Waals surface area contributed by atoms with Crippen LogP contribution in [0.4, 0.5) is 10.8 Å². The van der Waals surface area contributed by atoms with Gasteiger partial charge in [0, 0.05) is 32.1 Å². The van der Waals surface area contributed by atoms with Crippen molar-refractivity contribution in [2.75, 3.05) is 16.4 Å². The molecule has 0 bridgehead atoms. The third kappa shape index (κ3) is 8.97. The third-order valence-electron chi connectivity index (χ3n) is 6.16. The second-order valence-electron chi connectivity index (χ2n) is 9.38. The average Bonchev–Trinajstić information content (AvgIpc) is 3.51. The van der Waals surface area contributed by atoms with Crippen LogP contribution in [0.15, 0.2) is 113 Å². The van der Waals surface area contributed by atoms with Crippen LogP contribution >= 0.6 is 57.9 Å². The number of rotatable bonds is 10. The number of carbonyl (C=O) groups is 3. The van der Waals surface area contributed by atoms with Crippen LogP contribution in [0.5, 0.6) is 0 Å². The van der Waals surface area contributed by atoms with E-state index in [4.69, 9.17) is 34.8 Å². The van der Waals surface area contributed by atoms with E-state index in [2.05, 4.69) is 20.9 Å². The van der Waals surface area contributed by atoms with Crippen LogP contribution in [0, 0.1) is 0 Å². The fourth-order valence-corrected chi connectivity index (χ4v) is 5.96. The number of thiazole rings is 1. The average molecular weight is 694 g/mol. The molecule has 3 amide bonds. The number of amides is 3. The highest BCUT2D eigenvalue weighted by Crippen LogP contribution is 2.29. The zero-order valence-electron chi connectivity index (χ0n) is 23.2. The molecule has 12 heteroatoms. The topological polar surface area (TPSA) is 100 Å². The number of carbonyl (C=O) groups excluding carboxylic acids is 3. The van der Waals surface area contributed by atoms with E-state index in [-0.39, 0.29) is 22.4 Å². The SMILES string of the molecule is O=C(CSc1cccc(NC(=O)/C(=C\c2cccc(Cl)c2Cl)NC(=O)c2ccccc2)c1)Nc1nc(-c2ccc(Cl)cc2)cs1. The molecule has 3 N–H and O–H groups in total. The number of nitrogens with zero attached hydrogens (tertiary/aromatic N) is 1. The van der Waals surface area contributed by atoms with Crippen LogP contribution in [0.3, 0.4) is 0 Å². The minimum absolute atomic E-state index is 0.0353. The van der Waals surface area contributed by atoms with Gasteiger partial charge in [-0.05, 0) is 60.2 Å². The van der Waals surface area contributed by atoms with Gasteiger partial charge in [-0.1, -0.05) is 83.3 Å². The molecule has 0 atom stereocenters. The Morgan fingerprint density at radius 1 is 0.844 bits per heavy atom. The maximum Gasteiger partial charge on any atom is 0.272 e. The van der Waals surface area contributed by atoms with Gasteiger partial charge in [0.1, 0.15) is 5.70 Å². The predicted octanol–water partition coefficient (Wildman–Crippen LogP) is 8.91. The molecule has 0 aliphatic carbocycles. The molecule has 0 unspecified atom stereocenters. The highest BCUT2D eigenvalue weighted by molar-refractivity contribution is 8.00. The molecule has 45 heavy (non-hydrogen) atoms. The number of benzene rings is 4. The Morgan fingerprint density at radius 3 is 2.38 bits per heavy atom. The molecule has 0 fully saturated rings. The predicted molar refractivity (Wildman–Crippen MR) is 185 cm³/mol. The third-order valence-corrected chi connectivity index (χ3v) is 9.00. The number of aromatic nitrogens is 1. The lowest BCUT2D eigenvalue weighted by Gasteiger charge is -2.13. The minimum Gasteiger partial charge on any atom is -0.321 e. The quantitative estimate of drug-likeness (QED) is 0.100. The Bertz CT molecular complexity index is 1880. The van der Waals surface area contributed by atoms with Crippen molar-refractivity contribution in [1.29, 1.82) is 0 Å². The molecule has 226 valence electrons. The second kappa shape index (κ2) is 15.2. The first-order valence-electron chi connectivity index (χ1n) is 13.3. The van der Waals surface area contributed by atoms with Crippen molar-refractivity contribution in [3.63, 3.8) is 0 Å². The van der Waals surface area contributed by atoms with E-state index >= 15 is 0 Å². The molecule has 5 rings (SSSR count). The molecule has 0 saturated heterocycles. The van der Waals surface area contributed by atoms with Crippen molar-refractivity contribution >= 4 is 92.5 Å². The Hall–Kier alpha value is -4.12. The van der Waals surface area contributed by atoms with Crippen molar-refractivity contribution in [2.45, 2.75) is 4.90 Å². The first-order chi connectivity index (χ1) is 21.7. The fraction of sp³-hybridized carbons (Fsp3) is 0.0303. The zero-order chi connectivity index (χ0) is 31.8. The molecule has 0 aliphatic rings. The van der Waals surface area contributed by atoms with E-state index in [1.807, 2.05) is 23.6 Å². The number of thioether (sulfide) groups is 1. The van der Waals surface area contributed by atoms with Gasteiger partial charge in [0.2, 0.25) is 5.91 Å². The summed E-state index contributed by atoms with van der Waals surface area (Å²) in [5.41, 5.74) is 2.91. The number of hydrogen-bond donors (Lipinski definition) is 3. The maximum atomic E-state index is 13.4. The summed E-state index contributed by atoms with van der Waals surface area (Å²) in [6.45, 7) is 0. The van der Waals surface area contributed by atoms with E-state index < -0.39 is 11.8 Å². The van der Waals surface area contributed by atoms with Gasteiger partial charge in [-0.3, -0.25) is 14.4 Å². The van der Waals surface area contributed by atoms with Gasteiger partial charge in [-0.25, -0.2) is 4.98 Å². The Kier molecular flexibility index (Phi) is 10.9. The van der Waals surface area contributed by atoms with Crippen LogP contribution in [0.25, 0.3) is 17.3 Å². The number of nitrogens with one attached hydrogen (secondary N) is 3. The van der Waals surface area contributed by atoms with E-state index in [0.29, 0.717) is 32.0 Å². The highest BCUT2D eigenvalue weighted by Gasteiger charge is 2.17. The van der Waals surface area contributed by atoms with Crippen molar-refractivity contribution < 1.29 is 14.4 Å². The monoisotopic (exact) mass is 692 g/mol. The maximum absolute atomic E-state index is 13.4. The van der Waals surface area contributed by atoms with Crippen LogP contribution in [0.2, 0.25) is 15.1 Å². The van der Waals surface area contributed by atoms with Crippen LogP contribution in [0.1, 0.15) is 15.9 Å². The van der Waals surface area contributed by atoms with Crippen LogP contribution < -0.4 is 16.0 Å². The van der Waals surface area contributed by atoms with E-state index in [9.17, 15) is 14.4 Å². The summed E-state index contributed by atoms with van der Waals surface area (Å²) in [4.78, 5) is 44.2. The summed E-state index contributed by atoms with van der Waals surface area (Å²) in [7, 11) is 0. The highest BCUT2D eigenvalue weighted by atomic mass is 35.5. The van der Waals surface area contributed by atoms with Gasteiger partial charge >= 0.3 is 0 Å². The van der Waals surface area contributed by atoms with Gasteiger partial charge in [-0.15, -0.1) is 23.1 Å². The molecule has 0 spiro atoms. The first kappa shape index (κ1) is 32.3. The minimum atomic E-state index is -0.574. The van der Waals surface area contributed by atoms with Gasteiger partial charge in [-0.2, -0.15) is 0 Å². The fourth-order valence-electron chi connectivity index (χ4n) is 3.98.